The highest BCUT2D eigenvalue weighted by molar-refractivity contribution is 8.42. The van der Waals surface area contributed by atoms with Gasteiger partial charge in [-0.1, -0.05) is 0 Å². The Morgan fingerprint density at radius 3 is 1.85 bits per heavy atom. The van der Waals surface area contributed by atoms with Crippen LogP contribution in [-0.4, -0.2) is 20.6 Å². The van der Waals surface area contributed by atoms with Gasteiger partial charge in [0.15, 0.2) is 0 Å². The average molecular weight is 238 g/mol. The summed E-state index contributed by atoms with van der Waals surface area (Å²) in [6, 6.07) is 0. The van der Waals surface area contributed by atoms with Crippen molar-refractivity contribution in [3.8, 4) is 0 Å². The van der Waals surface area contributed by atoms with Crippen LogP contribution in [0.5, 0.6) is 0 Å². The summed E-state index contributed by atoms with van der Waals surface area (Å²) < 4.78 is 60.9. The van der Waals surface area contributed by atoms with Gasteiger partial charge in [-0.3, -0.25) is 4.79 Å². The minimum absolute atomic E-state index is 0.281. The van der Waals surface area contributed by atoms with Gasteiger partial charge in [0.05, 0.1) is 0 Å². The summed E-state index contributed by atoms with van der Waals surface area (Å²) in [5, 5.41) is -7.39. The topological polar surface area (TPSA) is 17.1 Å². The fourth-order valence-electron chi connectivity index (χ4n) is 0.760. The normalized spacial score (nSPS) is 41.2. The summed E-state index contributed by atoms with van der Waals surface area (Å²) in [4.78, 5) is 10.5. The molecule has 1 fully saturated rings. The predicted molar refractivity (Wildman–Crippen MR) is 40.0 cm³/mol. The van der Waals surface area contributed by atoms with Gasteiger partial charge < -0.3 is 0 Å². The fraction of sp³-hybridized carbons (Fsp3) is 0.800. The van der Waals surface area contributed by atoms with Crippen molar-refractivity contribution in [3.63, 3.8) is 0 Å². The van der Waals surface area contributed by atoms with Crippen molar-refractivity contribution in [2.75, 3.05) is 0 Å². The first-order valence-electron chi connectivity index (χ1n) is 2.97. The lowest BCUT2D eigenvalue weighted by atomic mass is 10.2. The molecule has 2 atom stereocenters. The van der Waals surface area contributed by atoms with Crippen LogP contribution in [0.1, 0.15) is 6.92 Å². The molecule has 0 aliphatic carbocycles. The third kappa shape index (κ3) is 1.54. The zero-order valence-electron chi connectivity index (χ0n) is 6.11. The van der Waals surface area contributed by atoms with Gasteiger partial charge in [-0.25, -0.2) is 8.78 Å². The zero-order valence-corrected chi connectivity index (χ0v) is 7.75. The van der Waals surface area contributed by atoms with E-state index in [0.717, 1.165) is 0 Å². The van der Waals surface area contributed by atoms with Crippen molar-refractivity contribution in [1.82, 2.24) is 0 Å². The van der Waals surface area contributed by atoms with Crippen LogP contribution in [0.2, 0.25) is 0 Å². The van der Waals surface area contributed by atoms with Gasteiger partial charge in [0.2, 0.25) is 5.00 Å². The van der Waals surface area contributed by atoms with E-state index in [4.69, 9.17) is 0 Å². The summed E-state index contributed by atoms with van der Waals surface area (Å²) in [5.74, 6) is 0. The van der Waals surface area contributed by atoms with Gasteiger partial charge in [0.25, 0.3) is 4.45 Å². The van der Waals surface area contributed by atoms with E-state index in [1.54, 1.807) is 0 Å². The van der Waals surface area contributed by atoms with Crippen LogP contribution >= 0.6 is 23.5 Å². The molecule has 0 bridgehead atoms. The highest BCUT2D eigenvalue weighted by Gasteiger charge is 2.74. The summed E-state index contributed by atoms with van der Waals surface area (Å²) in [6.45, 7) is 0.406. The van der Waals surface area contributed by atoms with Gasteiger partial charge in [0, 0.05) is 0 Å². The Kier molecular flexibility index (Phi) is 2.35. The molecule has 0 N–H and O–H groups in total. The molecule has 0 aromatic carbocycles. The molecule has 8 heteroatoms. The fourth-order valence-corrected chi connectivity index (χ4v) is 3.08. The molecular weight excluding hydrogens is 235 g/mol. The SMILES string of the molecule is CC1(F)SC(=O)SC1(F)C(F)(F)F. The van der Waals surface area contributed by atoms with E-state index in [9.17, 15) is 26.7 Å². The molecule has 0 aromatic rings. The molecule has 1 saturated heterocycles. The lowest BCUT2D eigenvalue weighted by molar-refractivity contribution is -0.214. The van der Waals surface area contributed by atoms with E-state index in [0.29, 0.717) is 6.92 Å². The summed E-state index contributed by atoms with van der Waals surface area (Å²) >= 11 is -0.942. The second-order valence-corrected chi connectivity index (χ2v) is 5.20. The largest absolute Gasteiger partial charge is 0.436 e. The molecule has 0 radical (unpaired) electrons. The molecule has 1 aliphatic rings. The Morgan fingerprint density at radius 1 is 1.23 bits per heavy atom. The van der Waals surface area contributed by atoms with Crippen LogP contribution in [0.25, 0.3) is 0 Å². The van der Waals surface area contributed by atoms with Crippen LogP contribution < -0.4 is 0 Å². The van der Waals surface area contributed by atoms with Gasteiger partial charge in [-0.05, 0) is 30.4 Å². The molecule has 76 valence electrons. The van der Waals surface area contributed by atoms with E-state index in [2.05, 4.69) is 0 Å². The van der Waals surface area contributed by atoms with Crippen LogP contribution in [0, 0.1) is 0 Å². The molecule has 0 spiro atoms. The molecule has 0 saturated carbocycles. The number of alkyl halides is 5. The maximum Gasteiger partial charge on any atom is 0.436 e. The Morgan fingerprint density at radius 2 is 1.69 bits per heavy atom. The van der Waals surface area contributed by atoms with Crippen molar-refractivity contribution in [2.24, 2.45) is 0 Å². The Labute approximate surface area is 78.4 Å². The molecule has 1 heterocycles. The maximum absolute atomic E-state index is 13.1. The van der Waals surface area contributed by atoms with Gasteiger partial charge in [-0.2, -0.15) is 13.2 Å². The monoisotopic (exact) mass is 238 g/mol. The van der Waals surface area contributed by atoms with Crippen molar-refractivity contribution in [2.45, 2.75) is 23.1 Å². The molecule has 1 rings (SSSR count). The first kappa shape index (κ1) is 11.1. The van der Waals surface area contributed by atoms with E-state index in [1.807, 2.05) is 0 Å². The van der Waals surface area contributed by atoms with E-state index in [-0.39, 0.29) is 11.8 Å². The third-order valence-corrected chi connectivity index (χ3v) is 3.96. The first-order valence-corrected chi connectivity index (χ1v) is 4.60. The quantitative estimate of drug-likeness (QED) is 0.601. The van der Waals surface area contributed by atoms with Crippen LogP contribution in [0.4, 0.5) is 26.7 Å². The number of hydrogen-bond acceptors (Lipinski definition) is 3. The number of hydrogen-bond donors (Lipinski definition) is 0. The number of thioether (sulfide) groups is 2. The number of rotatable bonds is 0. The Bertz CT molecular complexity index is 250. The van der Waals surface area contributed by atoms with Gasteiger partial charge in [-0.15, -0.1) is 0 Å². The maximum atomic E-state index is 13.1. The zero-order chi connectivity index (χ0) is 10.5. The van der Waals surface area contributed by atoms with Crippen LogP contribution in [0.15, 0.2) is 0 Å². The molecular formula is C5H3F5OS2. The molecule has 1 aliphatic heterocycles. The minimum Gasteiger partial charge on any atom is -0.274 e. The molecule has 0 aromatic heterocycles. The van der Waals surface area contributed by atoms with E-state index in [1.165, 1.54) is 0 Å². The smallest absolute Gasteiger partial charge is 0.274 e. The Balaban J connectivity index is 3.10. The van der Waals surface area contributed by atoms with Crippen molar-refractivity contribution in [3.05, 3.63) is 0 Å². The third-order valence-electron chi connectivity index (χ3n) is 1.44. The van der Waals surface area contributed by atoms with E-state index >= 15 is 0 Å². The van der Waals surface area contributed by atoms with Crippen LogP contribution in [0.3, 0.4) is 0 Å². The lowest BCUT2D eigenvalue weighted by Gasteiger charge is -2.28. The number of halogens is 5. The average Bonchev–Trinajstić information content (AvgIpc) is 2.00. The summed E-state index contributed by atoms with van der Waals surface area (Å²) in [7, 11) is 0. The summed E-state index contributed by atoms with van der Waals surface area (Å²) in [5.41, 5.74) is 0. The van der Waals surface area contributed by atoms with Crippen molar-refractivity contribution >= 4 is 28.0 Å². The molecule has 0 amide bonds. The highest BCUT2D eigenvalue weighted by Crippen LogP contribution is 2.63. The predicted octanol–water partition coefficient (Wildman–Crippen LogP) is 3.50. The first-order chi connectivity index (χ1) is 5.60. The van der Waals surface area contributed by atoms with Crippen molar-refractivity contribution < 1.29 is 26.7 Å². The Hall–Kier alpha value is 0.0200. The van der Waals surface area contributed by atoms with Crippen molar-refractivity contribution in [1.29, 1.82) is 0 Å². The highest BCUT2D eigenvalue weighted by atomic mass is 32.2. The molecule has 2 unspecified atom stereocenters. The standard InChI is InChI=1S/C5H3F5OS2/c1-3(6)4(7,5(8,9)10)13-2(11)12-3/h1H3. The van der Waals surface area contributed by atoms with Gasteiger partial charge in [0.1, 0.15) is 0 Å². The second kappa shape index (κ2) is 2.75. The minimum atomic E-state index is -5.39. The second-order valence-electron chi connectivity index (χ2n) is 2.46. The number of carbonyl (C=O) groups is 1. The molecule has 13 heavy (non-hydrogen) atoms. The number of carbonyl (C=O) groups excluding carboxylic acids is 1. The van der Waals surface area contributed by atoms with Gasteiger partial charge >= 0.3 is 11.2 Å². The summed E-state index contributed by atoms with van der Waals surface area (Å²) in [6.07, 6.45) is -5.39. The molecule has 1 nitrogen and oxygen atoms in total. The van der Waals surface area contributed by atoms with E-state index < -0.39 is 32.4 Å². The lowest BCUT2D eigenvalue weighted by Crippen LogP contribution is -2.48. The van der Waals surface area contributed by atoms with Crippen LogP contribution in [-0.2, 0) is 0 Å².